The Bertz CT molecular complexity index is 1250. The van der Waals surface area contributed by atoms with Crippen LogP contribution in [0, 0.1) is 19.3 Å². The van der Waals surface area contributed by atoms with Crippen molar-refractivity contribution in [2.24, 2.45) is 5.41 Å². The van der Waals surface area contributed by atoms with Crippen LogP contribution in [-0.4, -0.2) is 23.0 Å². The zero-order valence-corrected chi connectivity index (χ0v) is 19.1. The van der Waals surface area contributed by atoms with Gasteiger partial charge in [0.1, 0.15) is 5.75 Å². The second-order valence-corrected chi connectivity index (χ2v) is 9.89. The Morgan fingerprint density at radius 2 is 1.61 bits per heavy atom. The van der Waals surface area contributed by atoms with E-state index in [2.05, 4.69) is 52.1 Å². The Balaban J connectivity index is 1.69. The lowest BCUT2D eigenvalue weighted by atomic mass is 9.63. The molecule has 1 fully saturated rings. The number of methoxy groups -OCH3 is 1. The molecule has 2 aliphatic rings. The second-order valence-electron chi connectivity index (χ2n) is 9.89. The van der Waals surface area contributed by atoms with Crippen molar-refractivity contribution in [3.8, 4) is 5.75 Å². The van der Waals surface area contributed by atoms with Gasteiger partial charge in [-0.25, -0.2) is 9.97 Å². The Labute approximate surface area is 183 Å². The van der Waals surface area contributed by atoms with Gasteiger partial charge in [-0.15, -0.1) is 0 Å². The molecule has 5 nitrogen and oxygen atoms in total. The van der Waals surface area contributed by atoms with Crippen molar-refractivity contribution in [2.45, 2.75) is 58.3 Å². The monoisotopic (exact) mass is 415 g/mol. The summed E-state index contributed by atoms with van der Waals surface area (Å²) in [5.74, 6) is 0.708. The molecule has 5 heteroatoms. The Hall–Kier alpha value is -2.95. The van der Waals surface area contributed by atoms with Crippen LogP contribution in [0.1, 0.15) is 56.1 Å². The topological polar surface area (TPSA) is 64.1 Å². The van der Waals surface area contributed by atoms with Crippen LogP contribution in [0.4, 0.5) is 5.69 Å². The van der Waals surface area contributed by atoms with Gasteiger partial charge in [-0.1, -0.05) is 26.8 Å². The normalized spacial score (nSPS) is 25.5. The van der Waals surface area contributed by atoms with Crippen molar-refractivity contribution in [3.63, 3.8) is 0 Å². The zero-order valence-electron chi connectivity index (χ0n) is 19.1. The molecule has 1 heterocycles. The molecule has 2 aliphatic carbocycles. The first-order chi connectivity index (χ1) is 14.6. The number of hydrogen-bond donors (Lipinski definition) is 1. The van der Waals surface area contributed by atoms with E-state index in [1.165, 1.54) is 11.1 Å². The van der Waals surface area contributed by atoms with E-state index in [4.69, 9.17) is 14.7 Å². The Morgan fingerprint density at radius 3 is 2.26 bits per heavy atom. The highest BCUT2D eigenvalue weighted by atomic mass is 16.5. The van der Waals surface area contributed by atoms with Crippen LogP contribution in [-0.2, 0) is 15.6 Å². The van der Waals surface area contributed by atoms with Crippen molar-refractivity contribution < 1.29 is 9.53 Å². The quantitative estimate of drug-likeness (QED) is 0.637. The van der Waals surface area contributed by atoms with Gasteiger partial charge in [0, 0.05) is 17.2 Å². The highest BCUT2D eigenvalue weighted by Gasteiger charge is 2.73. The number of aryl methyl sites for hydroxylation is 2. The molecular formula is C26H29N3O2. The number of rotatable bonds is 3. The number of anilines is 1. The number of nitrogens with one attached hydrogen (secondary N) is 1. The SMILES string of the molecule is COc1cccc(NC(=O)C23CCC(C)(c4nc5cc(C)c(C)cc5nc42)C3(C)C)c1. The molecule has 2 aromatic carbocycles. The summed E-state index contributed by atoms with van der Waals surface area (Å²) in [4.78, 5) is 24.2. The first-order valence-electron chi connectivity index (χ1n) is 10.9. The number of ether oxygens (including phenoxy) is 1. The lowest BCUT2D eigenvalue weighted by molar-refractivity contribution is -0.125. The maximum atomic E-state index is 14.0. The molecule has 2 atom stereocenters. The third-order valence-electron chi connectivity index (χ3n) is 8.37. The number of fused-ring (bicyclic) bond motifs is 6. The van der Waals surface area contributed by atoms with Gasteiger partial charge in [0.2, 0.25) is 5.91 Å². The maximum Gasteiger partial charge on any atom is 0.237 e. The van der Waals surface area contributed by atoms with E-state index in [-0.39, 0.29) is 16.7 Å². The molecule has 0 spiro atoms. The molecule has 3 aromatic rings. The molecule has 2 bridgehead atoms. The number of nitrogens with zero attached hydrogens (tertiary/aromatic N) is 2. The van der Waals surface area contributed by atoms with Crippen molar-refractivity contribution in [1.29, 1.82) is 0 Å². The van der Waals surface area contributed by atoms with E-state index in [1.807, 2.05) is 24.3 Å². The molecule has 0 radical (unpaired) electrons. The van der Waals surface area contributed by atoms with Gasteiger partial charge in [0.15, 0.2) is 0 Å². The van der Waals surface area contributed by atoms with Crippen LogP contribution < -0.4 is 10.1 Å². The number of benzene rings is 2. The molecule has 31 heavy (non-hydrogen) atoms. The van der Waals surface area contributed by atoms with Gasteiger partial charge < -0.3 is 10.1 Å². The van der Waals surface area contributed by atoms with Gasteiger partial charge in [-0.05, 0) is 67.5 Å². The zero-order chi connectivity index (χ0) is 22.2. The van der Waals surface area contributed by atoms with Crippen LogP contribution in [0.3, 0.4) is 0 Å². The van der Waals surface area contributed by atoms with Crippen LogP contribution in [0.5, 0.6) is 5.75 Å². The number of aromatic nitrogens is 2. The van der Waals surface area contributed by atoms with E-state index in [9.17, 15) is 4.79 Å². The standard InChI is InChI=1S/C26H29N3O2/c1-15-12-19-20(13-16(15)2)29-22-21(28-19)25(5)10-11-26(22,24(25,3)4)23(30)27-17-8-7-9-18(14-17)31-6/h7-9,12-14H,10-11H2,1-6H3,(H,27,30). The predicted octanol–water partition coefficient (Wildman–Crippen LogP) is 5.22. The van der Waals surface area contributed by atoms with Gasteiger partial charge in [-0.2, -0.15) is 0 Å². The van der Waals surface area contributed by atoms with Crippen molar-refractivity contribution >= 4 is 22.6 Å². The molecule has 1 amide bonds. The van der Waals surface area contributed by atoms with Crippen molar-refractivity contribution in [1.82, 2.24) is 9.97 Å². The molecular weight excluding hydrogens is 386 g/mol. The van der Waals surface area contributed by atoms with Gasteiger partial charge in [0.25, 0.3) is 0 Å². The highest BCUT2D eigenvalue weighted by Crippen LogP contribution is 2.70. The minimum absolute atomic E-state index is 0.00860. The maximum absolute atomic E-state index is 14.0. The highest BCUT2D eigenvalue weighted by molar-refractivity contribution is 6.02. The Kier molecular flexibility index (Phi) is 4.05. The fourth-order valence-electron chi connectivity index (χ4n) is 5.80. The molecule has 1 N–H and O–H groups in total. The largest absolute Gasteiger partial charge is 0.497 e. The lowest BCUT2D eigenvalue weighted by Crippen LogP contribution is -2.48. The summed E-state index contributed by atoms with van der Waals surface area (Å²) >= 11 is 0. The molecule has 2 unspecified atom stereocenters. The number of carbonyl (C=O) groups is 1. The van der Waals surface area contributed by atoms with E-state index >= 15 is 0 Å². The molecule has 1 saturated carbocycles. The van der Waals surface area contributed by atoms with Crippen molar-refractivity contribution in [2.75, 3.05) is 12.4 Å². The van der Waals surface area contributed by atoms with Crippen LogP contribution in [0.25, 0.3) is 11.0 Å². The smallest absolute Gasteiger partial charge is 0.237 e. The van der Waals surface area contributed by atoms with Crippen LogP contribution in [0.2, 0.25) is 0 Å². The minimum Gasteiger partial charge on any atom is -0.497 e. The lowest BCUT2D eigenvalue weighted by Gasteiger charge is -2.39. The summed E-state index contributed by atoms with van der Waals surface area (Å²) in [5, 5.41) is 3.17. The van der Waals surface area contributed by atoms with Gasteiger partial charge in [0.05, 0.1) is 34.9 Å². The summed E-state index contributed by atoms with van der Waals surface area (Å²) in [6.45, 7) is 10.9. The van der Waals surface area contributed by atoms with Crippen LogP contribution in [0.15, 0.2) is 36.4 Å². The average molecular weight is 416 g/mol. The summed E-state index contributed by atoms with van der Waals surface area (Å²) < 4.78 is 5.33. The van der Waals surface area contributed by atoms with E-state index in [0.717, 1.165) is 41.0 Å². The van der Waals surface area contributed by atoms with Crippen LogP contribution >= 0.6 is 0 Å². The first kappa shape index (κ1) is 20.0. The third-order valence-corrected chi connectivity index (χ3v) is 8.37. The summed E-state index contributed by atoms with van der Waals surface area (Å²) in [7, 11) is 1.63. The number of carbonyl (C=O) groups excluding carboxylic acids is 1. The summed E-state index contributed by atoms with van der Waals surface area (Å²) in [6, 6.07) is 11.7. The first-order valence-corrected chi connectivity index (χ1v) is 10.9. The molecule has 160 valence electrons. The molecule has 0 saturated heterocycles. The predicted molar refractivity (Wildman–Crippen MR) is 123 cm³/mol. The summed E-state index contributed by atoms with van der Waals surface area (Å²) in [6.07, 6.45) is 1.69. The molecule has 0 aliphatic heterocycles. The Morgan fingerprint density at radius 1 is 0.968 bits per heavy atom. The van der Waals surface area contributed by atoms with Gasteiger partial charge >= 0.3 is 0 Å². The second kappa shape index (κ2) is 6.28. The average Bonchev–Trinajstić information content (AvgIpc) is 3.03. The molecule has 5 rings (SSSR count). The van der Waals surface area contributed by atoms with Gasteiger partial charge in [-0.3, -0.25) is 4.79 Å². The number of amides is 1. The number of hydrogen-bond acceptors (Lipinski definition) is 4. The molecule has 1 aromatic heterocycles. The van der Waals surface area contributed by atoms with E-state index < -0.39 is 5.41 Å². The minimum atomic E-state index is -0.722. The van der Waals surface area contributed by atoms with E-state index in [1.54, 1.807) is 7.11 Å². The summed E-state index contributed by atoms with van der Waals surface area (Å²) in [5.41, 5.74) is 5.50. The fraction of sp³-hybridized carbons (Fsp3) is 0.423. The van der Waals surface area contributed by atoms with Crippen molar-refractivity contribution in [3.05, 3.63) is 58.9 Å². The van der Waals surface area contributed by atoms with E-state index in [0.29, 0.717) is 5.75 Å². The third kappa shape index (κ3) is 2.40. The fourth-order valence-corrected chi connectivity index (χ4v) is 5.80.